The first kappa shape index (κ1) is 51.7. The molecule has 0 saturated heterocycles. The molecule has 0 aliphatic heterocycles. The van der Waals surface area contributed by atoms with Crippen molar-refractivity contribution in [2.24, 2.45) is 5.92 Å². The van der Waals surface area contributed by atoms with Crippen LogP contribution in [-0.4, -0.2) is 61.4 Å². The molecule has 0 heterocycles. The fourth-order valence-electron chi connectivity index (χ4n) is 10.4. The maximum Gasteiger partial charge on any atom is 0.323 e. The van der Waals surface area contributed by atoms with E-state index in [2.05, 4.69) is 142 Å². The Balaban J connectivity index is 1.20. The van der Waals surface area contributed by atoms with Gasteiger partial charge < -0.3 is 19.0 Å². The lowest BCUT2D eigenvalue weighted by molar-refractivity contribution is -0.159. The standard InChI is InChI=1S/C62H74N2O6Si/c1-58(2,3)69-56(66)53(63-61(43-26-14-12-15-27-43)49-34-22-18-30-45(49)46-31-19-23-35-50(46)61)38-39-55(65)42(41-68-71(10,11)60(7,8)9)40-54(57(67)70-59(4,5)6)64-62(44-28-16-13-17-29-44)51-36-24-20-32-47(51)48-33-21-25-37-52(48)62/h12-37,42,53-55,63-65H,38-41H2,1-11H3/t42-,53+,54+,55-/m1/s1. The molecular weight excluding hydrogens is 897 g/mol. The maximum atomic E-state index is 15.0. The highest BCUT2D eigenvalue weighted by Crippen LogP contribution is 2.53. The Labute approximate surface area is 423 Å². The van der Waals surface area contributed by atoms with Gasteiger partial charge in [0.2, 0.25) is 0 Å². The molecule has 6 aromatic rings. The van der Waals surface area contributed by atoms with E-state index in [1.54, 1.807) is 0 Å². The summed E-state index contributed by atoms with van der Waals surface area (Å²) in [4.78, 5) is 29.8. The zero-order valence-electron chi connectivity index (χ0n) is 43.6. The van der Waals surface area contributed by atoms with E-state index in [1.807, 2.05) is 102 Å². The van der Waals surface area contributed by atoms with Gasteiger partial charge in [-0.2, -0.15) is 0 Å². The third-order valence-electron chi connectivity index (χ3n) is 14.8. The summed E-state index contributed by atoms with van der Waals surface area (Å²) in [6.45, 7) is 22.5. The average molecular weight is 971 g/mol. The monoisotopic (exact) mass is 971 g/mol. The molecule has 372 valence electrons. The molecule has 0 spiro atoms. The number of hydrogen-bond donors (Lipinski definition) is 3. The van der Waals surface area contributed by atoms with Gasteiger partial charge in [-0.25, -0.2) is 0 Å². The molecule has 4 atom stereocenters. The molecule has 0 radical (unpaired) electrons. The van der Waals surface area contributed by atoms with Gasteiger partial charge in [-0.3, -0.25) is 20.2 Å². The summed E-state index contributed by atoms with van der Waals surface area (Å²) in [6.07, 6.45) is -0.397. The number of esters is 2. The molecule has 0 saturated carbocycles. The lowest BCUT2D eigenvalue weighted by Gasteiger charge is -2.41. The Morgan fingerprint density at radius 1 is 0.507 bits per heavy atom. The maximum absolute atomic E-state index is 15.0. The molecule has 9 heteroatoms. The smallest absolute Gasteiger partial charge is 0.323 e. The van der Waals surface area contributed by atoms with Gasteiger partial charge in [0.05, 0.1) is 17.2 Å². The van der Waals surface area contributed by atoms with E-state index in [1.165, 1.54) is 0 Å². The second-order valence-corrected chi connectivity index (χ2v) is 27.9. The first-order valence-corrected chi connectivity index (χ1v) is 28.3. The van der Waals surface area contributed by atoms with Crippen LogP contribution in [0.2, 0.25) is 18.1 Å². The quantitative estimate of drug-likeness (QED) is 0.0613. The SMILES string of the molecule is CC(C)(C)OC(=O)[C@H](CC[C@@H](O)[C@@H](CO[Si](C)(C)C(C)(C)C)C[C@H](NC1(c2ccccc2)c2ccccc2-c2ccccc21)C(=O)OC(C)(C)C)NC1(c2ccccc2)c2ccccc2-c2ccccc21. The van der Waals surface area contributed by atoms with Crippen molar-refractivity contribution in [2.45, 2.75) is 140 Å². The summed E-state index contributed by atoms with van der Waals surface area (Å²) >= 11 is 0. The first-order valence-electron chi connectivity index (χ1n) is 25.4. The third kappa shape index (κ3) is 10.5. The van der Waals surface area contributed by atoms with Crippen LogP contribution in [0.5, 0.6) is 0 Å². The highest BCUT2D eigenvalue weighted by atomic mass is 28.4. The van der Waals surface area contributed by atoms with Crippen LogP contribution in [0.15, 0.2) is 158 Å². The largest absolute Gasteiger partial charge is 0.459 e. The van der Waals surface area contributed by atoms with Gasteiger partial charge in [-0.1, -0.05) is 178 Å². The highest BCUT2D eigenvalue weighted by molar-refractivity contribution is 6.74. The summed E-state index contributed by atoms with van der Waals surface area (Å²) in [5.74, 6) is -1.40. The molecule has 2 aliphatic carbocycles. The fraction of sp³-hybridized carbons (Fsp3) is 0.387. The normalized spacial score (nSPS) is 16.4. The van der Waals surface area contributed by atoms with Crippen LogP contribution in [-0.2, 0) is 34.6 Å². The van der Waals surface area contributed by atoms with Crippen molar-refractivity contribution >= 4 is 20.3 Å². The van der Waals surface area contributed by atoms with E-state index in [9.17, 15) is 9.90 Å². The number of carbonyl (C=O) groups excluding carboxylic acids is 2. The number of aliphatic hydroxyl groups excluding tert-OH is 1. The molecule has 2 aliphatic rings. The minimum atomic E-state index is -2.39. The zero-order valence-corrected chi connectivity index (χ0v) is 44.6. The van der Waals surface area contributed by atoms with Crippen LogP contribution in [0.25, 0.3) is 22.3 Å². The molecule has 0 aromatic heterocycles. The van der Waals surface area contributed by atoms with Gasteiger partial charge in [-0.05, 0) is 135 Å². The Morgan fingerprint density at radius 2 is 0.845 bits per heavy atom. The van der Waals surface area contributed by atoms with Crippen molar-refractivity contribution in [3.63, 3.8) is 0 Å². The first-order chi connectivity index (χ1) is 33.6. The van der Waals surface area contributed by atoms with Crippen LogP contribution >= 0.6 is 0 Å². The molecule has 3 N–H and O–H groups in total. The number of aliphatic hydroxyl groups is 1. The lowest BCUT2D eigenvalue weighted by atomic mass is 9.79. The van der Waals surface area contributed by atoms with Gasteiger partial charge in [0.25, 0.3) is 0 Å². The second-order valence-electron chi connectivity index (χ2n) is 23.1. The summed E-state index contributed by atoms with van der Waals surface area (Å²) in [7, 11) is -2.39. The van der Waals surface area contributed by atoms with Crippen LogP contribution in [0.3, 0.4) is 0 Å². The Morgan fingerprint density at radius 3 is 1.21 bits per heavy atom. The highest BCUT2D eigenvalue weighted by Gasteiger charge is 2.50. The number of rotatable bonds is 17. The molecule has 8 rings (SSSR count). The van der Waals surface area contributed by atoms with Gasteiger partial charge in [0.1, 0.15) is 23.3 Å². The van der Waals surface area contributed by atoms with Crippen molar-refractivity contribution in [1.82, 2.24) is 10.6 Å². The summed E-state index contributed by atoms with van der Waals surface area (Å²) in [5, 5.41) is 20.7. The minimum Gasteiger partial charge on any atom is -0.459 e. The number of fused-ring (bicyclic) bond motifs is 6. The molecular formula is C62H74N2O6Si. The summed E-state index contributed by atoms with van der Waals surface area (Å²) in [6, 6.07) is 52.3. The van der Waals surface area contributed by atoms with E-state index >= 15 is 4.79 Å². The predicted molar refractivity (Wildman–Crippen MR) is 288 cm³/mol. The Hall–Kier alpha value is -5.68. The van der Waals surface area contributed by atoms with E-state index < -0.39 is 66.6 Å². The van der Waals surface area contributed by atoms with Crippen molar-refractivity contribution in [3.8, 4) is 22.3 Å². The molecule has 6 aromatic carbocycles. The van der Waals surface area contributed by atoms with Crippen molar-refractivity contribution in [2.75, 3.05) is 6.61 Å². The zero-order chi connectivity index (χ0) is 51.0. The molecule has 8 nitrogen and oxygen atoms in total. The van der Waals surface area contributed by atoms with E-state index in [4.69, 9.17) is 13.9 Å². The number of ether oxygens (including phenoxy) is 2. The van der Waals surface area contributed by atoms with Crippen LogP contribution in [0.4, 0.5) is 0 Å². The predicted octanol–water partition coefficient (Wildman–Crippen LogP) is 12.7. The minimum absolute atomic E-state index is 0.120. The fourth-order valence-corrected chi connectivity index (χ4v) is 11.5. The van der Waals surface area contributed by atoms with E-state index in [-0.39, 0.29) is 30.9 Å². The molecule has 0 unspecified atom stereocenters. The molecule has 71 heavy (non-hydrogen) atoms. The topological polar surface area (TPSA) is 106 Å². The van der Waals surface area contributed by atoms with Gasteiger partial charge >= 0.3 is 11.9 Å². The van der Waals surface area contributed by atoms with Crippen molar-refractivity contribution in [1.29, 1.82) is 0 Å². The van der Waals surface area contributed by atoms with Gasteiger partial charge in [0, 0.05) is 12.5 Å². The summed E-state index contributed by atoms with van der Waals surface area (Å²) in [5.41, 5.74) is 7.01. The van der Waals surface area contributed by atoms with Crippen LogP contribution < -0.4 is 10.6 Å². The molecule has 0 bridgehead atoms. The van der Waals surface area contributed by atoms with Crippen molar-refractivity contribution < 1.29 is 28.6 Å². The van der Waals surface area contributed by atoms with E-state index in [0.29, 0.717) is 0 Å². The average Bonchev–Trinajstić information content (AvgIpc) is 3.78. The molecule has 0 fully saturated rings. The molecule has 0 amide bonds. The number of benzene rings is 6. The summed E-state index contributed by atoms with van der Waals surface area (Å²) < 4.78 is 19.6. The number of carbonyl (C=O) groups is 2. The van der Waals surface area contributed by atoms with Crippen LogP contribution in [0, 0.1) is 5.92 Å². The third-order valence-corrected chi connectivity index (χ3v) is 19.3. The lowest BCUT2D eigenvalue weighted by Crippen LogP contribution is -2.55. The van der Waals surface area contributed by atoms with Crippen LogP contribution in [0.1, 0.15) is 115 Å². The van der Waals surface area contributed by atoms with E-state index in [0.717, 1.165) is 55.6 Å². The number of hydrogen-bond acceptors (Lipinski definition) is 8. The Kier molecular flexibility index (Phi) is 14.6. The second kappa shape index (κ2) is 20.1. The van der Waals surface area contributed by atoms with Gasteiger partial charge in [0.15, 0.2) is 8.32 Å². The number of nitrogens with one attached hydrogen (secondary N) is 2. The van der Waals surface area contributed by atoms with Gasteiger partial charge in [-0.15, -0.1) is 0 Å². The van der Waals surface area contributed by atoms with Crippen molar-refractivity contribution in [3.05, 3.63) is 191 Å². The Bertz CT molecular complexity index is 2730.